The molecule has 5 rings (SSSR count). The fourth-order valence-electron chi connectivity index (χ4n) is 5.27. The lowest BCUT2D eigenvalue weighted by atomic mass is 9.76. The van der Waals surface area contributed by atoms with E-state index < -0.39 is 0 Å². The molecule has 1 aliphatic carbocycles. The summed E-state index contributed by atoms with van der Waals surface area (Å²) in [5, 5.41) is 4.33. The van der Waals surface area contributed by atoms with Crippen molar-refractivity contribution in [3.05, 3.63) is 47.1 Å². The van der Waals surface area contributed by atoms with E-state index in [0.29, 0.717) is 5.92 Å². The molecule has 1 spiro atoms. The molecule has 2 aromatic rings. The van der Waals surface area contributed by atoms with E-state index in [0.717, 1.165) is 61.7 Å². The molecule has 3 fully saturated rings. The molecule has 154 valence electrons. The van der Waals surface area contributed by atoms with Crippen LogP contribution in [0.1, 0.15) is 78.1 Å². The number of likely N-dealkylation sites (tertiary alicyclic amines) is 2. The largest absolute Gasteiger partial charge is 0.339 e. The molecule has 3 heterocycles. The molecule has 2 aliphatic heterocycles. The fourth-order valence-corrected chi connectivity index (χ4v) is 5.27. The SMILES string of the molecule is Cc1cccc(C(=O)N2CCC3(CC2)CC(c2noc(C4CCC4)n2)N(C)C3)c1. The van der Waals surface area contributed by atoms with Crippen LogP contribution in [0.3, 0.4) is 0 Å². The van der Waals surface area contributed by atoms with Crippen molar-refractivity contribution in [1.82, 2.24) is 19.9 Å². The van der Waals surface area contributed by atoms with Crippen molar-refractivity contribution in [2.75, 3.05) is 26.7 Å². The fraction of sp³-hybridized carbons (Fsp3) is 0.609. The molecule has 1 aromatic carbocycles. The van der Waals surface area contributed by atoms with Gasteiger partial charge in [0.2, 0.25) is 5.89 Å². The highest BCUT2D eigenvalue weighted by atomic mass is 16.5. The van der Waals surface area contributed by atoms with Gasteiger partial charge in [-0.15, -0.1) is 0 Å². The first kappa shape index (κ1) is 18.8. The molecule has 29 heavy (non-hydrogen) atoms. The molecule has 6 nitrogen and oxygen atoms in total. The molecule has 1 unspecified atom stereocenters. The zero-order chi connectivity index (χ0) is 20.0. The molecule has 1 amide bonds. The van der Waals surface area contributed by atoms with Gasteiger partial charge in [0.15, 0.2) is 5.82 Å². The van der Waals surface area contributed by atoms with Gasteiger partial charge < -0.3 is 9.42 Å². The number of carbonyl (C=O) groups excluding carboxylic acids is 1. The molecule has 0 N–H and O–H groups in total. The van der Waals surface area contributed by atoms with E-state index in [-0.39, 0.29) is 17.4 Å². The van der Waals surface area contributed by atoms with Crippen LogP contribution in [-0.4, -0.2) is 52.5 Å². The third-order valence-electron chi connectivity index (χ3n) is 7.33. The standard InChI is InChI=1S/C23H30N4O2/c1-16-5-3-8-18(13-16)22(28)27-11-9-23(10-12-27)14-19(26(2)15-23)20-24-21(29-25-20)17-6-4-7-17/h3,5,8,13,17,19H,4,6-7,9-12,14-15H2,1-2H3. The highest BCUT2D eigenvalue weighted by molar-refractivity contribution is 5.94. The summed E-state index contributed by atoms with van der Waals surface area (Å²) in [6.07, 6.45) is 6.76. The van der Waals surface area contributed by atoms with Gasteiger partial charge in [-0.05, 0) is 63.6 Å². The normalized spacial score (nSPS) is 24.8. The van der Waals surface area contributed by atoms with Crippen LogP contribution in [0.15, 0.2) is 28.8 Å². The Kier molecular flexibility index (Phi) is 4.69. The van der Waals surface area contributed by atoms with Gasteiger partial charge in [0.1, 0.15) is 0 Å². The van der Waals surface area contributed by atoms with Crippen molar-refractivity contribution >= 4 is 5.91 Å². The summed E-state index contributed by atoms with van der Waals surface area (Å²) in [4.78, 5) is 22.0. The first-order valence-electron chi connectivity index (χ1n) is 10.9. The second kappa shape index (κ2) is 7.24. The van der Waals surface area contributed by atoms with E-state index in [4.69, 9.17) is 9.51 Å². The van der Waals surface area contributed by atoms with Crippen molar-refractivity contribution in [3.8, 4) is 0 Å². The molecule has 1 saturated carbocycles. The molecular formula is C23H30N4O2. The third-order valence-corrected chi connectivity index (χ3v) is 7.33. The number of hydrogen-bond acceptors (Lipinski definition) is 5. The number of carbonyl (C=O) groups is 1. The number of amides is 1. The lowest BCUT2D eigenvalue weighted by Crippen LogP contribution is -2.44. The van der Waals surface area contributed by atoms with E-state index in [1.54, 1.807) is 0 Å². The number of aryl methyl sites for hydroxylation is 1. The van der Waals surface area contributed by atoms with Crippen molar-refractivity contribution in [1.29, 1.82) is 0 Å². The number of piperidine rings is 1. The maximum atomic E-state index is 12.9. The summed E-state index contributed by atoms with van der Waals surface area (Å²) in [6, 6.07) is 8.14. The van der Waals surface area contributed by atoms with Crippen LogP contribution >= 0.6 is 0 Å². The summed E-state index contributed by atoms with van der Waals surface area (Å²) in [7, 11) is 2.17. The smallest absolute Gasteiger partial charge is 0.253 e. The highest BCUT2D eigenvalue weighted by Crippen LogP contribution is 2.48. The average Bonchev–Trinajstić information content (AvgIpc) is 3.25. The van der Waals surface area contributed by atoms with E-state index >= 15 is 0 Å². The van der Waals surface area contributed by atoms with Crippen LogP contribution in [0.4, 0.5) is 0 Å². The zero-order valence-electron chi connectivity index (χ0n) is 17.4. The second-order valence-corrected chi connectivity index (χ2v) is 9.42. The molecule has 0 radical (unpaired) electrons. The van der Waals surface area contributed by atoms with Crippen molar-refractivity contribution in [3.63, 3.8) is 0 Å². The van der Waals surface area contributed by atoms with Gasteiger partial charge in [0.25, 0.3) is 5.91 Å². The first-order valence-corrected chi connectivity index (χ1v) is 10.9. The monoisotopic (exact) mass is 394 g/mol. The Morgan fingerprint density at radius 1 is 1.24 bits per heavy atom. The summed E-state index contributed by atoms with van der Waals surface area (Å²) in [6.45, 7) is 4.72. The van der Waals surface area contributed by atoms with Crippen LogP contribution in [0, 0.1) is 12.3 Å². The predicted molar refractivity (Wildman–Crippen MR) is 110 cm³/mol. The van der Waals surface area contributed by atoms with Crippen LogP contribution in [0.25, 0.3) is 0 Å². The average molecular weight is 395 g/mol. The molecule has 3 aliphatic rings. The van der Waals surface area contributed by atoms with Crippen LogP contribution < -0.4 is 0 Å². The minimum absolute atomic E-state index is 0.162. The molecular weight excluding hydrogens is 364 g/mol. The van der Waals surface area contributed by atoms with Crippen molar-refractivity contribution < 1.29 is 9.32 Å². The van der Waals surface area contributed by atoms with E-state index in [1.807, 2.05) is 36.1 Å². The van der Waals surface area contributed by atoms with Gasteiger partial charge in [-0.1, -0.05) is 29.3 Å². The van der Waals surface area contributed by atoms with Crippen molar-refractivity contribution in [2.45, 2.75) is 57.4 Å². The van der Waals surface area contributed by atoms with Crippen molar-refractivity contribution in [2.24, 2.45) is 5.41 Å². The Morgan fingerprint density at radius 2 is 2.03 bits per heavy atom. The molecule has 2 saturated heterocycles. The third kappa shape index (κ3) is 3.48. The quantitative estimate of drug-likeness (QED) is 0.789. The summed E-state index contributed by atoms with van der Waals surface area (Å²) >= 11 is 0. The number of nitrogens with zero attached hydrogens (tertiary/aromatic N) is 4. The predicted octanol–water partition coefficient (Wildman–Crippen LogP) is 3.94. The Balaban J connectivity index is 1.24. The van der Waals surface area contributed by atoms with Gasteiger partial charge in [-0.25, -0.2) is 0 Å². The van der Waals surface area contributed by atoms with E-state index in [1.165, 1.54) is 19.3 Å². The molecule has 0 bridgehead atoms. The van der Waals surface area contributed by atoms with E-state index in [9.17, 15) is 4.79 Å². The van der Waals surface area contributed by atoms with Gasteiger partial charge in [-0.2, -0.15) is 4.98 Å². The minimum atomic E-state index is 0.162. The molecule has 6 heteroatoms. The lowest BCUT2D eigenvalue weighted by Gasteiger charge is -2.39. The van der Waals surface area contributed by atoms with Crippen LogP contribution in [0.5, 0.6) is 0 Å². The Morgan fingerprint density at radius 3 is 2.72 bits per heavy atom. The zero-order valence-corrected chi connectivity index (χ0v) is 17.4. The Hall–Kier alpha value is -2.21. The van der Waals surface area contributed by atoms with Crippen LogP contribution in [-0.2, 0) is 0 Å². The Bertz CT molecular complexity index is 896. The van der Waals surface area contributed by atoms with Gasteiger partial charge >= 0.3 is 0 Å². The maximum absolute atomic E-state index is 12.9. The lowest BCUT2D eigenvalue weighted by molar-refractivity contribution is 0.0593. The summed E-state index contributed by atoms with van der Waals surface area (Å²) in [5.41, 5.74) is 2.18. The van der Waals surface area contributed by atoms with Crippen LogP contribution in [0.2, 0.25) is 0 Å². The number of rotatable bonds is 3. The summed E-state index contributed by atoms with van der Waals surface area (Å²) in [5.74, 6) is 2.33. The van der Waals surface area contributed by atoms with E-state index in [2.05, 4.69) is 17.1 Å². The second-order valence-electron chi connectivity index (χ2n) is 9.42. The Labute approximate surface area is 172 Å². The minimum Gasteiger partial charge on any atom is -0.339 e. The maximum Gasteiger partial charge on any atom is 0.253 e. The number of benzene rings is 1. The van der Waals surface area contributed by atoms with Gasteiger partial charge in [0, 0.05) is 31.1 Å². The highest BCUT2D eigenvalue weighted by Gasteiger charge is 2.46. The topological polar surface area (TPSA) is 62.5 Å². The summed E-state index contributed by atoms with van der Waals surface area (Å²) < 4.78 is 5.57. The molecule has 1 aromatic heterocycles. The first-order chi connectivity index (χ1) is 14.0. The molecule has 1 atom stereocenters. The number of aromatic nitrogens is 2. The number of hydrogen-bond donors (Lipinski definition) is 0. The van der Waals surface area contributed by atoms with Gasteiger partial charge in [0.05, 0.1) is 6.04 Å². The van der Waals surface area contributed by atoms with Gasteiger partial charge in [-0.3, -0.25) is 9.69 Å².